The molecule has 0 aliphatic carbocycles. The molecule has 1 atom stereocenters. The van der Waals surface area contributed by atoms with Gasteiger partial charge in [0.15, 0.2) is 11.5 Å². The van der Waals surface area contributed by atoms with Crippen molar-refractivity contribution in [3.8, 4) is 11.5 Å². The molecular formula is C15H15NO5. The van der Waals surface area contributed by atoms with Gasteiger partial charge in [-0.25, -0.2) is 4.79 Å². The second kappa shape index (κ2) is 5.49. The minimum atomic E-state index is -0.532. The lowest BCUT2D eigenvalue weighted by Crippen LogP contribution is -2.17. The van der Waals surface area contributed by atoms with E-state index in [0.717, 1.165) is 5.56 Å². The van der Waals surface area contributed by atoms with Crippen molar-refractivity contribution in [2.45, 2.75) is 6.04 Å². The van der Waals surface area contributed by atoms with E-state index in [-0.39, 0.29) is 5.76 Å². The van der Waals surface area contributed by atoms with Gasteiger partial charge in [-0.15, -0.1) is 0 Å². The summed E-state index contributed by atoms with van der Waals surface area (Å²) in [6.45, 7) is 1.05. The topological polar surface area (TPSA) is 83.9 Å². The van der Waals surface area contributed by atoms with Gasteiger partial charge in [-0.3, -0.25) is 0 Å². The first-order chi connectivity index (χ1) is 10.2. The van der Waals surface area contributed by atoms with Gasteiger partial charge in [0.2, 0.25) is 5.76 Å². The second-order valence-corrected chi connectivity index (χ2v) is 4.57. The van der Waals surface area contributed by atoms with Crippen LogP contribution in [0.4, 0.5) is 0 Å². The minimum Gasteiger partial charge on any atom is -0.486 e. The minimum absolute atomic E-state index is 0.125. The highest BCUT2D eigenvalue weighted by Gasteiger charge is 2.19. The highest BCUT2D eigenvalue weighted by molar-refractivity contribution is 5.86. The van der Waals surface area contributed by atoms with Crippen molar-refractivity contribution >= 4 is 5.97 Å². The van der Waals surface area contributed by atoms with Crippen LogP contribution in [0.25, 0.3) is 0 Å². The van der Waals surface area contributed by atoms with E-state index in [0.29, 0.717) is 30.5 Å². The zero-order valence-electron chi connectivity index (χ0n) is 11.5. The number of carbonyl (C=O) groups is 1. The summed E-state index contributed by atoms with van der Waals surface area (Å²) in [4.78, 5) is 11.4. The molecule has 1 aromatic carbocycles. The summed E-state index contributed by atoms with van der Waals surface area (Å²) < 4.78 is 21.0. The molecule has 1 aliphatic heterocycles. The molecular weight excluding hydrogens is 274 g/mol. The Morgan fingerprint density at radius 2 is 1.95 bits per heavy atom. The van der Waals surface area contributed by atoms with E-state index in [1.165, 1.54) is 7.11 Å². The van der Waals surface area contributed by atoms with Crippen molar-refractivity contribution < 1.29 is 23.4 Å². The summed E-state index contributed by atoms with van der Waals surface area (Å²) in [5, 5.41) is 0. The number of hydrogen-bond donors (Lipinski definition) is 1. The first-order valence-electron chi connectivity index (χ1n) is 6.52. The summed E-state index contributed by atoms with van der Waals surface area (Å²) in [6.07, 6.45) is 0. The molecule has 6 nitrogen and oxygen atoms in total. The maximum Gasteiger partial charge on any atom is 0.373 e. The maximum absolute atomic E-state index is 11.4. The molecule has 2 N–H and O–H groups in total. The second-order valence-electron chi connectivity index (χ2n) is 4.57. The fourth-order valence-corrected chi connectivity index (χ4v) is 2.15. The molecule has 0 bridgehead atoms. The quantitative estimate of drug-likeness (QED) is 0.869. The van der Waals surface area contributed by atoms with Crippen molar-refractivity contribution in [2.24, 2.45) is 5.73 Å². The van der Waals surface area contributed by atoms with Gasteiger partial charge in [0.25, 0.3) is 0 Å². The van der Waals surface area contributed by atoms with Crippen LogP contribution in [0.3, 0.4) is 0 Å². The fourth-order valence-electron chi connectivity index (χ4n) is 2.15. The Bertz CT molecular complexity index is 664. The van der Waals surface area contributed by atoms with Crippen LogP contribution in [0.15, 0.2) is 34.7 Å². The van der Waals surface area contributed by atoms with E-state index in [2.05, 4.69) is 4.74 Å². The van der Waals surface area contributed by atoms with Crippen LogP contribution < -0.4 is 15.2 Å². The first-order valence-corrected chi connectivity index (χ1v) is 6.52. The molecule has 2 heterocycles. The zero-order chi connectivity index (χ0) is 14.8. The van der Waals surface area contributed by atoms with E-state index in [4.69, 9.17) is 19.6 Å². The number of methoxy groups -OCH3 is 1. The number of esters is 1. The normalized spacial score (nSPS) is 14.6. The average molecular weight is 289 g/mol. The Balaban J connectivity index is 1.86. The Kier molecular flexibility index (Phi) is 3.53. The van der Waals surface area contributed by atoms with Crippen LogP contribution in [-0.2, 0) is 4.74 Å². The third-order valence-electron chi connectivity index (χ3n) is 3.25. The van der Waals surface area contributed by atoms with Gasteiger partial charge in [-0.1, -0.05) is 6.07 Å². The van der Waals surface area contributed by atoms with Crippen LogP contribution in [0.2, 0.25) is 0 Å². The van der Waals surface area contributed by atoms with E-state index in [1.54, 1.807) is 12.1 Å². The van der Waals surface area contributed by atoms with Crippen LogP contribution in [0.5, 0.6) is 11.5 Å². The molecule has 0 saturated carbocycles. The number of benzene rings is 1. The molecule has 21 heavy (non-hydrogen) atoms. The number of hydrogen-bond acceptors (Lipinski definition) is 6. The third kappa shape index (κ3) is 2.57. The van der Waals surface area contributed by atoms with Gasteiger partial charge in [0, 0.05) is 0 Å². The molecule has 1 unspecified atom stereocenters. The lowest BCUT2D eigenvalue weighted by molar-refractivity contribution is 0.0562. The smallest absolute Gasteiger partial charge is 0.373 e. The monoisotopic (exact) mass is 289 g/mol. The van der Waals surface area contributed by atoms with Crippen LogP contribution >= 0.6 is 0 Å². The largest absolute Gasteiger partial charge is 0.486 e. The van der Waals surface area contributed by atoms with Gasteiger partial charge in [0.05, 0.1) is 13.2 Å². The van der Waals surface area contributed by atoms with Gasteiger partial charge in [-0.2, -0.15) is 0 Å². The summed E-state index contributed by atoms with van der Waals surface area (Å²) in [7, 11) is 1.30. The van der Waals surface area contributed by atoms with Crippen molar-refractivity contribution in [2.75, 3.05) is 20.3 Å². The molecule has 0 fully saturated rings. The van der Waals surface area contributed by atoms with Gasteiger partial charge >= 0.3 is 5.97 Å². The number of carbonyl (C=O) groups excluding carboxylic acids is 1. The molecule has 6 heteroatoms. The van der Waals surface area contributed by atoms with Crippen molar-refractivity contribution in [3.05, 3.63) is 47.4 Å². The molecule has 0 spiro atoms. The Labute approximate surface area is 121 Å². The van der Waals surface area contributed by atoms with E-state index < -0.39 is 12.0 Å². The number of furan rings is 1. The molecule has 1 aromatic heterocycles. The van der Waals surface area contributed by atoms with Gasteiger partial charge < -0.3 is 24.4 Å². The molecule has 0 amide bonds. The predicted octanol–water partition coefficient (Wildman–Crippen LogP) is 1.89. The summed E-state index contributed by atoms with van der Waals surface area (Å²) in [5.74, 6) is 1.43. The third-order valence-corrected chi connectivity index (χ3v) is 3.25. The van der Waals surface area contributed by atoms with Crippen LogP contribution in [0, 0.1) is 0 Å². The molecule has 110 valence electrons. The molecule has 0 radical (unpaired) electrons. The standard InChI is InChI=1S/C15H15NO5/c1-18-15(17)12-5-4-11(21-12)14(16)9-2-3-10-13(8-9)20-7-6-19-10/h2-5,8,14H,6-7,16H2,1H3. The summed E-state index contributed by atoms with van der Waals surface area (Å²) in [6, 6.07) is 8.18. The zero-order valence-corrected chi connectivity index (χ0v) is 11.5. The Hall–Kier alpha value is -2.47. The van der Waals surface area contributed by atoms with Crippen LogP contribution in [-0.4, -0.2) is 26.3 Å². The Morgan fingerprint density at radius 1 is 1.19 bits per heavy atom. The van der Waals surface area contributed by atoms with Gasteiger partial charge in [-0.05, 0) is 29.8 Å². The van der Waals surface area contributed by atoms with Crippen LogP contribution in [0.1, 0.15) is 27.9 Å². The summed E-state index contributed by atoms with van der Waals surface area (Å²) >= 11 is 0. The lowest BCUT2D eigenvalue weighted by Gasteiger charge is -2.20. The SMILES string of the molecule is COC(=O)c1ccc(C(N)c2ccc3c(c2)OCCO3)o1. The lowest BCUT2D eigenvalue weighted by atomic mass is 10.0. The number of fused-ring (bicyclic) bond motifs is 1. The maximum atomic E-state index is 11.4. The molecule has 0 saturated heterocycles. The highest BCUT2D eigenvalue weighted by Crippen LogP contribution is 2.33. The number of nitrogens with two attached hydrogens (primary N) is 1. The summed E-state index contributed by atoms with van der Waals surface area (Å²) in [5.41, 5.74) is 6.97. The molecule has 1 aliphatic rings. The average Bonchev–Trinajstić information content (AvgIpc) is 3.03. The number of ether oxygens (including phenoxy) is 3. The van der Waals surface area contributed by atoms with Crippen molar-refractivity contribution in [1.82, 2.24) is 0 Å². The fraction of sp³-hybridized carbons (Fsp3) is 0.267. The highest BCUT2D eigenvalue weighted by atomic mass is 16.6. The van der Waals surface area contributed by atoms with Crippen molar-refractivity contribution in [1.29, 1.82) is 0 Å². The predicted molar refractivity (Wildman–Crippen MR) is 73.5 cm³/mol. The van der Waals surface area contributed by atoms with E-state index >= 15 is 0 Å². The van der Waals surface area contributed by atoms with E-state index in [9.17, 15) is 4.79 Å². The Morgan fingerprint density at radius 3 is 2.71 bits per heavy atom. The van der Waals surface area contributed by atoms with Crippen molar-refractivity contribution in [3.63, 3.8) is 0 Å². The molecule has 2 aromatic rings. The molecule has 3 rings (SSSR count). The first kappa shape index (κ1) is 13.5. The van der Waals surface area contributed by atoms with Gasteiger partial charge in [0.1, 0.15) is 19.0 Å². The van der Waals surface area contributed by atoms with E-state index in [1.807, 2.05) is 18.2 Å². The number of rotatable bonds is 3.